The lowest BCUT2D eigenvalue weighted by molar-refractivity contribution is -0.123. The third-order valence-corrected chi connectivity index (χ3v) is 6.73. The molecule has 1 heterocycles. The smallest absolute Gasteiger partial charge is 0.293 e. The molecule has 0 spiro atoms. The Morgan fingerprint density at radius 2 is 1.65 bits per heavy atom. The minimum Gasteiger partial charge on any atom is -0.490 e. The van der Waals surface area contributed by atoms with E-state index in [9.17, 15) is 14.4 Å². The maximum Gasteiger partial charge on any atom is 0.293 e. The highest BCUT2D eigenvalue weighted by molar-refractivity contribution is 8.18. The molecule has 3 aromatic rings. The van der Waals surface area contributed by atoms with Gasteiger partial charge in [-0.15, -0.1) is 0 Å². The van der Waals surface area contributed by atoms with E-state index < -0.39 is 11.1 Å². The lowest BCUT2D eigenvalue weighted by atomic mass is 10.2. The Morgan fingerprint density at radius 3 is 2.41 bits per heavy atom. The summed E-state index contributed by atoms with van der Waals surface area (Å²) in [4.78, 5) is 39.0. The summed E-state index contributed by atoms with van der Waals surface area (Å²) >= 11 is 18.9. The highest BCUT2D eigenvalue weighted by Gasteiger charge is 2.35. The van der Waals surface area contributed by atoms with Crippen molar-refractivity contribution in [1.82, 2.24) is 4.90 Å². The number of nitrogens with zero attached hydrogens (tertiary/aromatic N) is 1. The van der Waals surface area contributed by atoms with Crippen molar-refractivity contribution in [3.05, 3.63) is 92.3 Å². The molecule has 0 unspecified atom stereocenters. The van der Waals surface area contributed by atoms with E-state index in [4.69, 9.17) is 44.3 Å². The van der Waals surface area contributed by atoms with Crippen molar-refractivity contribution in [3.8, 4) is 11.5 Å². The van der Waals surface area contributed by atoms with E-state index in [-0.39, 0.29) is 30.6 Å². The number of para-hydroxylation sites is 1. The number of ether oxygens (including phenoxy) is 2. The van der Waals surface area contributed by atoms with Gasteiger partial charge < -0.3 is 14.8 Å². The lowest BCUT2D eigenvalue weighted by Gasteiger charge is -2.14. The van der Waals surface area contributed by atoms with Gasteiger partial charge in [0.1, 0.15) is 18.1 Å². The Kier molecular flexibility index (Phi) is 9.00. The summed E-state index contributed by atoms with van der Waals surface area (Å²) in [5.41, 5.74) is 1.02. The van der Waals surface area contributed by atoms with Gasteiger partial charge in [0.2, 0.25) is 0 Å². The van der Waals surface area contributed by atoms with Gasteiger partial charge in [0.15, 0.2) is 6.61 Å². The molecule has 1 aliphatic heterocycles. The molecule has 0 bridgehead atoms. The summed E-state index contributed by atoms with van der Waals surface area (Å²) in [7, 11) is 0. The summed E-state index contributed by atoms with van der Waals surface area (Å²) in [6.07, 6.45) is 1.51. The zero-order valence-corrected chi connectivity index (χ0v) is 22.2. The van der Waals surface area contributed by atoms with Gasteiger partial charge in [-0.3, -0.25) is 19.3 Å². The zero-order valence-electron chi connectivity index (χ0n) is 19.1. The van der Waals surface area contributed by atoms with Crippen LogP contribution in [0, 0.1) is 0 Å². The fraction of sp³-hybridized carbons (Fsp3) is 0.115. The van der Waals surface area contributed by atoms with Crippen molar-refractivity contribution in [2.24, 2.45) is 0 Å². The first-order valence-electron chi connectivity index (χ1n) is 10.9. The van der Waals surface area contributed by atoms with Crippen molar-refractivity contribution in [2.45, 2.75) is 0 Å². The van der Waals surface area contributed by atoms with Crippen LogP contribution in [-0.2, 0) is 9.59 Å². The Labute approximate surface area is 232 Å². The second-order valence-electron chi connectivity index (χ2n) is 7.64. The number of carbonyl (C=O) groups excluding carboxylic acids is 3. The molecule has 190 valence electrons. The Bertz CT molecular complexity index is 1360. The largest absolute Gasteiger partial charge is 0.490 e. The Morgan fingerprint density at radius 1 is 0.919 bits per heavy atom. The number of anilines is 1. The average Bonchev–Trinajstić information content (AvgIpc) is 3.13. The van der Waals surface area contributed by atoms with Crippen molar-refractivity contribution in [2.75, 3.05) is 25.1 Å². The fourth-order valence-electron chi connectivity index (χ4n) is 3.28. The van der Waals surface area contributed by atoms with Crippen molar-refractivity contribution in [3.63, 3.8) is 0 Å². The van der Waals surface area contributed by atoms with Crippen LogP contribution < -0.4 is 14.8 Å². The third kappa shape index (κ3) is 7.20. The van der Waals surface area contributed by atoms with E-state index >= 15 is 0 Å². The van der Waals surface area contributed by atoms with Crippen LogP contribution in [0.2, 0.25) is 15.1 Å². The SMILES string of the molecule is O=C(COc1ccc(Cl)cc1/C=C1\SC(=O)N(CCOc2ccccc2Cl)C1=O)Nc1ccc(Cl)cc1. The molecule has 0 saturated carbocycles. The molecule has 0 atom stereocenters. The van der Waals surface area contributed by atoms with Crippen LogP contribution in [0.4, 0.5) is 10.5 Å². The van der Waals surface area contributed by atoms with Crippen LogP contribution in [0.3, 0.4) is 0 Å². The van der Waals surface area contributed by atoms with Crippen LogP contribution in [-0.4, -0.2) is 41.7 Å². The summed E-state index contributed by atoms with van der Waals surface area (Å²) in [6, 6.07) is 18.4. The van der Waals surface area contributed by atoms with Crippen LogP contribution >= 0.6 is 46.6 Å². The van der Waals surface area contributed by atoms with E-state index in [0.717, 1.165) is 16.7 Å². The normalized spacial score (nSPS) is 14.2. The van der Waals surface area contributed by atoms with Crippen molar-refractivity contribution >= 4 is 75.4 Å². The topological polar surface area (TPSA) is 84.9 Å². The molecule has 7 nitrogen and oxygen atoms in total. The predicted octanol–water partition coefficient (Wildman–Crippen LogP) is 6.78. The van der Waals surface area contributed by atoms with Crippen LogP contribution in [0.5, 0.6) is 11.5 Å². The first-order valence-corrected chi connectivity index (χ1v) is 12.9. The van der Waals surface area contributed by atoms with Gasteiger partial charge in [0.25, 0.3) is 17.1 Å². The maximum atomic E-state index is 12.9. The van der Waals surface area contributed by atoms with Crippen molar-refractivity contribution < 1.29 is 23.9 Å². The molecule has 0 radical (unpaired) electrons. The molecule has 3 aromatic carbocycles. The van der Waals surface area contributed by atoms with Gasteiger partial charge in [-0.2, -0.15) is 0 Å². The van der Waals surface area contributed by atoms with Crippen LogP contribution in [0.1, 0.15) is 5.56 Å². The standard InChI is InChI=1S/C26H19Cl3N2O5S/c27-17-5-8-19(9-6-17)30-24(32)15-36-21-10-7-18(28)13-16(21)14-23-25(33)31(26(34)37-23)11-12-35-22-4-2-1-3-20(22)29/h1-10,13-14H,11-12,15H2,(H,30,32)/b23-14-. The number of imide groups is 1. The van der Waals surface area contributed by atoms with Gasteiger partial charge in [-0.05, 0) is 72.4 Å². The van der Waals surface area contributed by atoms with Gasteiger partial charge in [-0.1, -0.05) is 46.9 Å². The van der Waals surface area contributed by atoms with Crippen molar-refractivity contribution in [1.29, 1.82) is 0 Å². The molecule has 0 aliphatic carbocycles. The highest BCUT2D eigenvalue weighted by Crippen LogP contribution is 2.35. The minimum absolute atomic E-state index is 0.0526. The average molecular weight is 578 g/mol. The predicted molar refractivity (Wildman–Crippen MR) is 147 cm³/mol. The Hall–Kier alpha value is -3.17. The quantitative estimate of drug-likeness (QED) is 0.282. The van der Waals surface area contributed by atoms with E-state index in [0.29, 0.717) is 37.8 Å². The third-order valence-electron chi connectivity index (χ3n) is 5.03. The number of rotatable bonds is 9. The molecule has 1 saturated heterocycles. The number of hydrogen-bond donors (Lipinski definition) is 1. The minimum atomic E-state index is -0.468. The van der Waals surface area contributed by atoms with E-state index in [1.807, 2.05) is 0 Å². The number of hydrogen-bond acceptors (Lipinski definition) is 6. The molecule has 1 aliphatic rings. The molecule has 1 fully saturated rings. The maximum absolute atomic E-state index is 12.9. The molecule has 4 rings (SSSR count). The van der Waals surface area contributed by atoms with Gasteiger partial charge in [0.05, 0.1) is 16.5 Å². The lowest BCUT2D eigenvalue weighted by Crippen LogP contribution is -2.32. The van der Waals surface area contributed by atoms with Crippen LogP contribution in [0.25, 0.3) is 6.08 Å². The summed E-state index contributed by atoms with van der Waals surface area (Å²) in [5.74, 6) is -0.0664. The number of thioether (sulfide) groups is 1. The molecular formula is C26H19Cl3N2O5S. The summed E-state index contributed by atoms with van der Waals surface area (Å²) in [5, 5.41) is 3.67. The first kappa shape index (κ1) is 26.9. The summed E-state index contributed by atoms with van der Waals surface area (Å²) < 4.78 is 11.3. The number of amides is 3. The molecule has 3 amide bonds. The van der Waals surface area contributed by atoms with E-state index in [1.165, 1.54) is 6.08 Å². The summed E-state index contributed by atoms with van der Waals surface area (Å²) in [6.45, 7) is -0.147. The monoisotopic (exact) mass is 576 g/mol. The number of benzene rings is 3. The second kappa shape index (κ2) is 12.4. The van der Waals surface area contributed by atoms with Gasteiger partial charge in [0, 0.05) is 21.3 Å². The van der Waals surface area contributed by atoms with E-state index in [2.05, 4.69) is 5.32 Å². The van der Waals surface area contributed by atoms with Gasteiger partial charge in [-0.25, -0.2) is 0 Å². The molecular weight excluding hydrogens is 559 g/mol. The fourth-order valence-corrected chi connectivity index (χ4v) is 4.63. The number of halogens is 3. The molecule has 1 N–H and O–H groups in total. The second-order valence-corrected chi connectivity index (χ2v) is 9.91. The number of nitrogens with one attached hydrogen (secondary N) is 1. The number of carbonyl (C=O) groups is 3. The van der Waals surface area contributed by atoms with Gasteiger partial charge >= 0.3 is 0 Å². The Balaban J connectivity index is 1.40. The molecule has 37 heavy (non-hydrogen) atoms. The highest BCUT2D eigenvalue weighted by atomic mass is 35.5. The molecule has 0 aromatic heterocycles. The van der Waals surface area contributed by atoms with Crippen LogP contribution in [0.15, 0.2) is 71.6 Å². The van der Waals surface area contributed by atoms with E-state index in [1.54, 1.807) is 66.7 Å². The zero-order chi connectivity index (χ0) is 26.4. The first-order chi connectivity index (χ1) is 17.8. The molecule has 11 heteroatoms.